The highest BCUT2D eigenvalue weighted by molar-refractivity contribution is 6.13. The molecule has 2 atom stereocenters. The van der Waals surface area contributed by atoms with Gasteiger partial charge in [-0.25, -0.2) is 9.36 Å². The number of benzene rings is 2. The molecule has 1 aromatic heterocycles. The summed E-state index contributed by atoms with van der Waals surface area (Å²) in [7, 11) is 0. The number of carbonyl (C=O) groups excluding carboxylic acids is 2. The van der Waals surface area contributed by atoms with Crippen molar-refractivity contribution < 1.29 is 14.3 Å². The molecule has 0 radical (unpaired) electrons. The van der Waals surface area contributed by atoms with Gasteiger partial charge in [0.15, 0.2) is 0 Å². The zero-order valence-electron chi connectivity index (χ0n) is 21.7. The van der Waals surface area contributed by atoms with E-state index in [0.717, 1.165) is 39.4 Å². The van der Waals surface area contributed by atoms with Crippen molar-refractivity contribution in [3.05, 3.63) is 83.5 Å². The fraction of sp³-hybridized carbons (Fsp3) is 0.355. The van der Waals surface area contributed by atoms with Crippen LogP contribution < -0.4 is 5.73 Å². The maximum absolute atomic E-state index is 13.4. The summed E-state index contributed by atoms with van der Waals surface area (Å²) in [6.07, 6.45) is 9.36. The molecule has 2 aliphatic carbocycles. The summed E-state index contributed by atoms with van der Waals surface area (Å²) in [5.41, 5.74) is 10.1. The van der Waals surface area contributed by atoms with Gasteiger partial charge in [0.2, 0.25) is 5.91 Å². The van der Waals surface area contributed by atoms with Gasteiger partial charge in [-0.15, -0.1) is 0 Å². The number of ether oxygens (including phenoxy) is 1. The van der Waals surface area contributed by atoms with Crippen LogP contribution in [0.4, 0.5) is 4.79 Å². The lowest BCUT2D eigenvalue weighted by atomic mass is 9.62. The Labute approximate surface area is 212 Å². The lowest BCUT2D eigenvalue weighted by Gasteiger charge is -2.42. The first-order valence-electron chi connectivity index (χ1n) is 12.6. The zero-order valence-corrected chi connectivity index (χ0v) is 21.7. The lowest BCUT2D eigenvalue weighted by molar-refractivity contribution is -0.117. The van der Waals surface area contributed by atoms with Gasteiger partial charge in [-0.05, 0) is 44.2 Å². The molecular formula is C31H34N2O3. The molecule has 5 heteroatoms. The third kappa shape index (κ3) is 4.17. The number of para-hydroxylation sites is 2. The number of aromatic nitrogens is 1. The highest BCUT2D eigenvalue weighted by Gasteiger charge is 2.39. The van der Waals surface area contributed by atoms with E-state index in [4.69, 9.17) is 10.5 Å². The molecule has 0 bridgehead atoms. The minimum atomic E-state index is -0.601. The van der Waals surface area contributed by atoms with Crippen LogP contribution in [0.15, 0.2) is 77.9 Å². The summed E-state index contributed by atoms with van der Waals surface area (Å²) in [6.45, 7) is 10.1. The Kier molecular flexibility index (Phi) is 5.70. The molecule has 2 unspecified atom stereocenters. The summed E-state index contributed by atoms with van der Waals surface area (Å²) >= 11 is 0. The molecule has 2 aromatic carbocycles. The predicted molar refractivity (Wildman–Crippen MR) is 145 cm³/mol. The molecule has 0 saturated carbocycles. The van der Waals surface area contributed by atoms with Gasteiger partial charge in [-0.2, -0.15) is 0 Å². The van der Waals surface area contributed by atoms with Gasteiger partial charge in [0.25, 0.3) is 0 Å². The normalized spacial score (nSPS) is 21.1. The van der Waals surface area contributed by atoms with Crippen LogP contribution in [0.25, 0.3) is 21.8 Å². The minimum absolute atomic E-state index is 0.103. The second-order valence-corrected chi connectivity index (χ2v) is 11.6. The van der Waals surface area contributed by atoms with Crippen molar-refractivity contribution in [3.8, 4) is 0 Å². The van der Waals surface area contributed by atoms with E-state index < -0.39 is 5.60 Å². The maximum Gasteiger partial charge on any atom is 0.419 e. The standard InChI is InChI=1S/C31H34N2O3/c1-30(2,3)36-29(35)33-25-14-7-6-11-23(25)24-13-8-12-22(28(24)33)20-16-21(17-20)27-19(18-26(32)34)10-9-15-31(27,4)5/h6-16,20,27H,17-18H2,1-5H3,(H2,32,34). The maximum atomic E-state index is 13.4. The zero-order chi connectivity index (χ0) is 25.8. The van der Waals surface area contributed by atoms with Gasteiger partial charge in [0.05, 0.1) is 11.0 Å². The van der Waals surface area contributed by atoms with Crippen molar-refractivity contribution in [2.24, 2.45) is 17.1 Å². The number of carbonyl (C=O) groups is 2. The molecule has 0 saturated heterocycles. The van der Waals surface area contributed by atoms with Gasteiger partial charge in [-0.1, -0.05) is 85.7 Å². The molecule has 0 aliphatic heterocycles. The number of primary amides is 1. The molecular weight excluding hydrogens is 448 g/mol. The first-order valence-corrected chi connectivity index (χ1v) is 12.6. The van der Waals surface area contributed by atoms with Crippen molar-refractivity contribution in [1.29, 1.82) is 0 Å². The van der Waals surface area contributed by atoms with Crippen molar-refractivity contribution in [3.63, 3.8) is 0 Å². The van der Waals surface area contributed by atoms with E-state index in [-0.39, 0.29) is 35.7 Å². The SMILES string of the molecule is CC(C)(C)OC(=O)n1c2ccccc2c2cccc(C3C=C(C4C(CC(N)=O)=CC=CC4(C)C)C3)c21. The van der Waals surface area contributed by atoms with Crippen LogP contribution in [0.2, 0.25) is 0 Å². The Balaban J connectivity index is 1.60. The van der Waals surface area contributed by atoms with Gasteiger partial charge in [0, 0.05) is 29.0 Å². The molecule has 36 heavy (non-hydrogen) atoms. The Bertz CT molecular complexity index is 1480. The first kappa shape index (κ1) is 24.1. The molecule has 1 amide bonds. The molecule has 3 aromatic rings. The lowest BCUT2D eigenvalue weighted by Crippen LogP contribution is -2.32. The predicted octanol–water partition coefficient (Wildman–Crippen LogP) is 7.01. The van der Waals surface area contributed by atoms with Gasteiger partial charge >= 0.3 is 6.09 Å². The number of amides is 1. The van der Waals surface area contributed by atoms with Crippen molar-refractivity contribution >= 4 is 33.8 Å². The van der Waals surface area contributed by atoms with Crippen LogP contribution in [0.5, 0.6) is 0 Å². The molecule has 2 aliphatic rings. The molecule has 5 rings (SSSR count). The van der Waals surface area contributed by atoms with Crippen LogP contribution in [-0.2, 0) is 9.53 Å². The summed E-state index contributed by atoms with van der Waals surface area (Å²) in [6, 6.07) is 14.3. The summed E-state index contributed by atoms with van der Waals surface area (Å²) in [5, 5.41) is 2.08. The van der Waals surface area contributed by atoms with E-state index in [2.05, 4.69) is 50.3 Å². The average molecular weight is 483 g/mol. The van der Waals surface area contributed by atoms with E-state index >= 15 is 0 Å². The number of rotatable bonds is 4. The van der Waals surface area contributed by atoms with E-state index in [1.165, 1.54) is 5.57 Å². The molecule has 186 valence electrons. The van der Waals surface area contributed by atoms with Crippen molar-refractivity contribution in [2.45, 2.75) is 59.0 Å². The highest BCUT2D eigenvalue weighted by Crippen LogP contribution is 2.51. The van der Waals surface area contributed by atoms with Crippen molar-refractivity contribution in [2.75, 3.05) is 0 Å². The monoisotopic (exact) mass is 482 g/mol. The summed E-state index contributed by atoms with van der Waals surface area (Å²) in [5.74, 6) is 0.00775. The van der Waals surface area contributed by atoms with E-state index in [1.807, 2.05) is 51.1 Å². The molecule has 0 fully saturated rings. The Morgan fingerprint density at radius 1 is 1.08 bits per heavy atom. The minimum Gasteiger partial charge on any atom is -0.443 e. The molecule has 0 spiro atoms. The fourth-order valence-electron chi connectivity index (χ4n) is 5.90. The molecule has 1 heterocycles. The topological polar surface area (TPSA) is 74.3 Å². The highest BCUT2D eigenvalue weighted by atomic mass is 16.6. The number of hydrogen-bond acceptors (Lipinski definition) is 3. The summed E-state index contributed by atoms with van der Waals surface area (Å²) < 4.78 is 7.57. The van der Waals surface area contributed by atoms with E-state index in [0.29, 0.717) is 0 Å². The van der Waals surface area contributed by atoms with Gasteiger partial charge in [-0.3, -0.25) is 4.79 Å². The summed E-state index contributed by atoms with van der Waals surface area (Å²) in [4.78, 5) is 25.2. The Morgan fingerprint density at radius 2 is 1.78 bits per heavy atom. The Hall–Kier alpha value is -3.60. The second-order valence-electron chi connectivity index (χ2n) is 11.6. The fourth-order valence-corrected chi connectivity index (χ4v) is 5.90. The van der Waals surface area contributed by atoms with Gasteiger partial charge < -0.3 is 10.5 Å². The van der Waals surface area contributed by atoms with Crippen LogP contribution in [0, 0.1) is 11.3 Å². The van der Waals surface area contributed by atoms with Crippen molar-refractivity contribution in [1.82, 2.24) is 4.57 Å². The number of allylic oxidation sites excluding steroid dienone is 5. The number of hydrogen-bond donors (Lipinski definition) is 1. The van der Waals surface area contributed by atoms with Crippen LogP contribution >= 0.6 is 0 Å². The van der Waals surface area contributed by atoms with Crippen LogP contribution in [-0.4, -0.2) is 22.2 Å². The third-order valence-corrected chi connectivity index (χ3v) is 7.27. The Morgan fingerprint density at radius 3 is 2.47 bits per heavy atom. The van der Waals surface area contributed by atoms with E-state index in [9.17, 15) is 9.59 Å². The van der Waals surface area contributed by atoms with E-state index in [1.54, 1.807) is 4.57 Å². The largest absolute Gasteiger partial charge is 0.443 e. The van der Waals surface area contributed by atoms with Gasteiger partial charge in [0.1, 0.15) is 5.60 Å². The first-order chi connectivity index (χ1) is 17.0. The third-order valence-electron chi connectivity index (χ3n) is 7.27. The molecule has 5 nitrogen and oxygen atoms in total. The molecule has 2 N–H and O–H groups in total. The number of nitrogens with two attached hydrogens (primary N) is 1. The smallest absolute Gasteiger partial charge is 0.419 e. The number of fused-ring (bicyclic) bond motifs is 3. The quantitative estimate of drug-likeness (QED) is 0.407. The number of nitrogens with zero attached hydrogens (tertiary/aromatic N) is 1. The van der Waals surface area contributed by atoms with Crippen LogP contribution in [0.1, 0.15) is 58.9 Å². The van der Waals surface area contributed by atoms with Crippen LogP contribution in [0.3, 0.4) is 0 Å². The second kappa shape index (κ2) is 8.51. The average Bonchev–Trinajstić information content (AvgIpc) is 3.08.